The van der Waals surface area contributed by atoms with Gasteiger partial charge in [-0.3, -0.25) is 4.79 Å². The van der Waals surface area contributed by atoms with E-state index in [-0.39, 0.29) is 11.3 Å². The summed E-state index contributed by atoms with van der Waals surface area (Å²) >= 11 is 0. The van der Waals surface area contributed by atoms with Crippen LogP contribution in [0.5, 0.6) is 0 Å². The van der Waals surface area contributed by atoms with Gasteiger partial charge in [-0.2, -0.15) is 0 Å². The van der Waals surface area contributed by atoms with Gasteiger partial charge in [-0.1, -0.05) is 0 Å². The first kappa shape index (κ1) is 13.6. The molecular formula is C15H23N3O2. The highest BCUT2D eigenvalue weighted by atomic mass is 16.4. The van der Waals surface area contributed by atoms with Crippen molar-refractivity contribution in [1.82, 2.24) is 15.2 Å². The van der Waals surface area contributed by atoms with E-state index in [1.54, 1.807) is 6.92 Å². The van der Waals surface area contributed by atoms with E-state index in [1.165, 1.54) is 19.3 Å². The second kappa shape index (κ2) is 5.20. The van der Waals surface area contributed by atoms with Gasteiger partial charge in [-0.05, 0) is 39.2 Å². The normalized spacial score (nSPS) is 27.0. The number of aromatic nitrogens is 1. The molecule has 20 heavy (non-hydrogen) atoms. The molecule has 0 aliphatic carbocycles. The van der Waals surface area contributed by atoms with Crippen LogP contribution in [0, 0.1) is 19.3 Å². The standard InChI is InChI=1S/C15H23N3O2/c1-11-13(20-12(2)17-11)14(19)18-8-4-6-15(10-18)5-3-7-16-9-15/h16H,3-10H2,1-2H3. The van der Waals surface area contributed by atoms with Gasteiger partial charge in [-0.25, -0.2) is 4.98 Å². The monoisotopic (exact) mass is 277 g/mol. The Morgan fingerprint density at radius 2 is 2.15 bits per heavy atom. The Bertz CT molecular complexity index is 498. The summed E-state index contributed by atoms with van der Waals surface area (Å²) < 4.78 is 5.49. The van der Waals surface area contributed by atoms with E-state index >= 15 is 0 Å². The van der Waals surface area contributed by atoms with Crippen LogP contribution < -0.4 is 5.32 Å². The van der Waals surface area contributed by atoms with Gasteiger partial charge in [0.05, 0.1) is 5.69 Å². The SMILES string of the molecule is Cc1nc(C)c(C(=O)N2CCCC3(CCCNC3)C2)o1. The largest absolute Gasteiger partial charge is 0.436 e. The van der Waals surface area contributed by atoms with Crippen molar-refractivity contribution in [2.45, 2.75) is 39.5 Å². The number of amides is 1. The maximum absolute atomic E-state index is 12.6. The first-order chi connectivity index (χ1) is 9.60. The van der Waals surface area contributed by atoms with Crippen LogP contribution in [0.4, 0.5) is 0 Å². The average Bonchev–Trinajstić information content (AvgIpc) is 2.78. The molecule has 110 valence electrons. The van der Waals surface area contributed by atoms with Gasteiger partial charge >= 0.3 is 0 Å². The topological polar surface area (TPSA) is 58.4 Å². The van der Waals surface area contributed by atoms with Crippen molar-refractivity contribution in [3.8, 4) is 0 Å². The third kappa shape index (κ3) is 2.46. The van der Waals surface area contributed by atoms with E-state index in [9.17, 15) is 4.79 Å². The maximum atomic E-state index is 12.6. The lowest BCUT2D eigenvalue weighted by molar-refractivity contribution is 0.0406. The van der Waals surface area contributed by atoms with Gasteiger partial charge in [0.2, 0.25) is 5.76 Å². The molecule has 0 radical (unpaired) electrons. The van der Waals surface area contributed by atoms with E-state index in [4.69, 9.17) is 4.42 Å². The van der Waals surface area contributed by atoms with Crippen molar-refractivity contribution in [2.24, 2.45) is 5.41 Å². The van der Waals surface area contributed by atoms with Crippen LogP contribution in [0.15, 0.2) is 4.42 Å². The summed E-state index contributed by atoms with van der Waals surface area (Å²) in [5.74, 6) is 0.993. The molecule has 0 aromatic carbocycles. The number of nitrogens with zero attached hydrogens (tertiary/aromatic N) is 2. The minimum Gasteiger partial charge on any atom is -0.436 e. The third-order valence-corrected chi connectivity index (χ3v) is 4.61. The number of aryl methyl sites for hydroxylation is 2. The fraction of sp³-hybridized carbons (Fsp3) is 0.733. The number of rotatable bonds is 1. The minimum atomic E-state index is 0.00717. The molecule has 0 saturated carbocycles. The van der Waals surface area contributed by atoms with Gasteiger partial charge < -0.3 is 14.6 Å². The summed E-state index contributed by atoms with van der Waals surface area (Å²) in [4.78, 5) is 18.8. The van der Waals surface area contributed by atoms with Crippen LogP contribution >= 0.6 is 0 Å². The summed E-state index contributed by atoms with van der Waals surface area (Å²) in [7, 11) is 0. The summed E-state index contributed by atoms with van der Waals surface area (Å²) in [6.07, 6.45) is 4.73. The van der Waals surface area contributed by atoms with Crippen LogP contribution in [0.1, 0.15) is 47.8 Å². The molecule has 1 amide bonds. The van der Waals surface area contributed by atoms with Crippen molar-refractivity contribution in [3.05, 3.63) is 17.3 Å². The summed E-state index contributed by atoms with van der Waals surface area (Å²) in [6.45, 7) is 7.44. The van der Waals surface area contributed by atoms with E-state index in [1.807, 2.05) is 11.8 Å². The number of oxazole rings is 1. The van der Waals surface area contributed by atoms with Gasteiger partial charge in [0.25, 0.3) is 5.91 Å². The Morgan fingerprint density at radius 3 is 2.80 bits per heavy atom. The number of piperidine rings is 2. The molecular weight excluding hydrogens is 254 g/mol. The van der Waals surface area contributed by atoms with Crippen LogP contribution in [0.3, 0.4) is 0 Å². The van der Waals surface area contributed by atoms with Crippen LogP contribution in [0.25, 0.3) is 0 Å². The molecule has 1 spiro atoms. The fourth-order valence-electron chi connectivity index (χ4n) is 3.63. The average molecular weight is 277 g/mol. The van der Waals surface area contributed by atoms with Crippen molar-refractivity contribution >= 4 is 5.91 Å². The van der Waals surface area contributed by atoms with E-state index < -0.39 is 0 Å². The molecule has 2 saturated heterocycles. The quantitative estimate of drug-likeness (QED) is 0.851. The van der Waals surface area contributed by atoms with E-state index in [0.717, 1.165) is 32.6 Å². The molecule has 3 rings (SSSR count). The molecule has 1 aromatic rings. The van der Waals surface area contributed by atoms with E-state index in [0.29, 0.717) is 17.3 Å². The zero-order valence-corrected chi connectivity index (χ0v) is 12.4. The predicted molar refractivity (Wildman–Crippen MR) is 75.7 cm³/mol. The van der Waals surface area contributed by atoms with Crippen LogP contribution in [-0.4, -0.2) is 42.0 Å². The first-order valence-electron chi connectivity index (χ1n) is 7.54. The van der Waals surface area contributed by atoms with Crippen molar-refractivity contribution in [3.63, 3.8) is 0 Å². The Morgan fingerprint density at radius 1 is 1.35 bits per heavy atom. The summed E-state index contributed by atoms with van der Waals surface area (Å²) in [6, 6.07) is 0. The summed E-state index contributed by atoms with van der Waals surface area (Å²) in [5, 5.41) is 3.49. The molecule has 1 N–H and O–H groups in total. The second-order valence-electron chi connectivity index (χ2n) is 6.26. The number of nitrogens with one attached hydrogen (secondary N) is 1. The Hall–Kier alpha value is -1.36. The lowest BCUT2D eigenvalue weighted by Crippen LogP contribution is -2.52. The highest BCUT2D eigenvalue weighted by molar-refractivity contribution is 5.92. The lowest BCUT2D eigenvalue weighted by Gasteiger charge is -2.45. The lowest BCUT2D eigenvalue weighted by atomic mass is 9.74. The molecule has 0 bridgehead atoms. The van der Waals surface area contributed by atoms with Crippen molar-refractivity contribution in [1.29, 1.82) is 0 Å². The molecule has 2 fully saturated rings. The van der Waals surface area contributed by atoms with Crippen LogP contribution in [-0.2, 0) is 0 Å². The first-order valence-corrected chi connectivity index (χ1v) is 7.54. The van der Waals surface area contributed by atoms with Gasteiger partial charge in [-0.15, -0.1) is 0 Å². The number of hydrogen-bond acceptors (Lipinski definition) is 4. The molecule has 2 aliphatic heterocycles. The predicted octanol–water partition coefficient (Wildman–Crippen LogP) is 1.90. The van der Waals surface area contributed by atoms with Crippen LogP contribution in [0.2, 0.25) is 0 Å². The molecule has 5 heteroatoms. The molecule has 1 atom stereocenters. The third-order valence-electron chi connectivity index (χ3n) is 4.61. The van der Waals surface area contributed by atoms with Gasteiger partial charge in [0.1, 0.15) is 0 Å². The Labute approximate surface area is 119 Å². The van der Waals surface area contributed by atoms with Crippen molar-refractivity contribution in [2.75, 3.05) is 26.2 Å². The van der Waals surface area contributed by atoms with Crippen molar-refractivity contribution < 1.29 is 9.21 Å². The number of carbonyl (C=O) groups is 1. The highest BCUT2D eigenvalue weighted by Crippen LogP contribution is 2.36. The molecule has 5 nitrogen and oxygen atoms in total. The molecule has 1 unspecified atom stereocenters. The molecule has 1 aromatic heterocycles. The number of likely N-dealkylation sites (tertiary alicyclic amines) is 1. The van der Waals surface area contributed by atoms with Gasteiger partial charge in [0.15, 0.2) is 5.89 Å². The van der Waals surface area contributed by atoms with E-state index in [2.05, 4.69) is 10.3 Å². The molecule has 2 aliphatic rings. The summed E-state index contributed by atoms with van der Waals surface area (Å²) in [5.41, 5.74) is 0.976. The highest BCUT2D eigenvalue weighted by Gasteiger charge is 2.39. The zero-order valence-electron chi connectivity index (χ0n) is 12.4. The minimum absolute atomic E-state index is 0.00717. The second-order valence-corrected chi connectivity index (χ2v) is 6.26. The molecule has 3 heterocycles. The maximum Gasteiger partial charge on any atom is 0.291 e. The Balaban J connectivity index is 1.76. The zero-order chi connectivity index (χ0) is 14.2. The van der Waals surface area contributed by atoms with Gasteiger partial charge in [0, 0.05) is 32.0 Å². The number of carbonyl (C=O) groups excluding carboxylic acids is 1. The Kier molecular flexibility index (Phi) is 3.54. The number of hydrogen-bond donors (Lipinski definition) is 1. The fourth-order valence-corrected chi connectivity index (χ4v) is 3.63. The smallest absolute Gasteiger partial charge is 0.291 e.